The highest BCUT2D eigenvalue weighted by Gasteiger charge is 2.17. The van der Waals surface area contributed by atoms with Crippen molar-refractivity contribution in [1.82, 2.24) is 24.1 Å². The summed E-state index contributed by atoms with van der Waals surface area (Å²) in [5.41, 5.74) is 3.42. The molecule has 0 amide bonds. The predicted octanol–water partition coefficient (Wildman–Crippen LogP) is 5.26. The van der Waals surface area contributed by atoms with Gasteiger partial charge in [0.25, 0.3) is 5.56 Å². The van der Waals surface area contributed by atoms with Gasteiger partial charge in [-0.1, -0.05) is 41.6 Å². The lowest BCUT2D eigenvalue weighted by Crippen LogP contribution is -2.14. The van der Waals surface area contributed by atoms with Crippen LogP contribution in [-0.4, -0.2) is 24.1 Å². The van der Waals surface area contributed by atoms with Crippen LogP contribution in [-0.2, 0) is 5.75 Å². The fraction of sp³-hybridized carbons (Fsp3) is 0.0909. The van der Waals surface area contributed by atoms with E-state index < -0.39 is 0 Å². The number of nitrogens with zero attached hydrogens (tertiary/aromatic N) is 5. The van der Waals surface area contributed by atoms with E-state index in [1.165, 1.54) is 23.1 Å². The molecule has 2 aromatic carbocycles. The Hall–Kier alpha value is -2.94. The van der Waals surface area contributed by atoms with Gasteiger partial charge in [-0.25, -0.2) is 4.98 Å². The molecule has 154 valence electrons. The molecule has 0 unspecified atom stereocenters. The fourth-order valence-corrected chi connectivity index (χ4v) is 5.13. The Morgan fingerprint density at radius 2 is 1.84 bits per heavy atom. The number of halogens is 1. The first-order valence-corrected chi connectivity index (χ1v) is 11.7. The summed E-state index contributed by atoms with van der Waals surface area (Å²) < 4.78 is 3.64. The number of aryl methyl sites for hydroxylation is 1. The summed E-state index contributed by atoms with van der Waals surface area (Å²) in [6, 6.07) is 19.1. The second kappa shape index (κ2) is 8.30. The van der Waals surface area contributed by atoms with Crippen LogP contribution in [0.15, 0.2) is 76.0 Å². The molecule has 3 aromatic heterocycles. The summed E-state index contributed by atoms with van der Waals surface area (Å²) >= 11 is 9.01. The standard InChI is InChI=1S/C22H16ClN5OS2/c1-14-12-30-21-24-17(11-19(29)27(14)21)13-31-22-26-25-20(15-7-9-16(23)10-8-15)28(22)18-5-3-2-4-6-18/h2-12H,13H2,1H3. The minimum atomic E-state index is -0.0641. The van der Waals surface area contributed by atoms with Crippen molar-refractivity contribution in [2.24, 2.45) is 0 Å². The van der Waals surface area contributed by atoms with Crippen LogP contribution >= 0.6 is 34.7 Å². The Labute approximate surface area is 191 Å². The van der Waals surface area contributed by atoms with Gasteiger partial charge in [0.2, 0.25) is 0 Å². The van der Waals surface area contributed by atoms with Gasteiger partial charge in [-0.05, 0) is 43.3 Å². The topological polar surface area (TPSA) is 65.1 Å². The maximum Gasteiger partial charge on any atom is 0.258 e. The van der Waals surface area contributed by atoms with Gasteiger partial charge in [-0.2, -0.15) is 0 Å². The van der Waals surface area contributed by atoms with E-state index in [1.54, 1.807) is 10.5 Å². The van der Waals surface area contributed by atoms with Crippen LogP contribution in [0.1, 0.15) is 11.4 Å². The summed E-state index contributed by atoms with van der Waals surface area (Å²) in [4.78, 5) is 17.8. The Balaban J connectivity index is 1.52. The molecule has 0 bridgehead atoms. The minimum absolute atomic E-state index is 0.0641. The molecule has 0 aliphatic heterocycles. The average molecular weight is 466 g/mol. The first kappa shape index (κ1) is 20.0. The van der Waals surface area contributed by atoms with Crippen molar-refractivity contribution < 1.29 is 0 Å². The molecule has 5 rings (SSSR count). The van der Waals surface area contributed by atoms with Crippen LogP contribution in [0.25, 0.3) is 22.0 Å². The highest BCUT2D eigenvalue weighted by Crippen LogP contribution is 2.30. The van der Waals surface area contributed by atoms with Gasteiger partial charge in [-0.15, -0.1) is 21.5 Å². The molecular weight excluding hydrogens is 450 g/mol. The van der Waals surface area contributed by atoms with Crippen LogP contribution in [0.2, 0.25) is 5.02 Å². The van der Waals surface area contributed by atoms with Crippen molar-refractivity contribution in [2.75, 3.05) is 0 Å². The lowest BCUT2D eigenvalue weighted by atomic mass is 10.2. The molecule has 6 nitrogen and oxygen atoms in total. The van der Waals surface area contributed by atoms with Gasteiger partial charge in [-0.3, -0.25) is 13.8 Å². The van der Waals surface area contributed by atoms with Crippen molar-refractivity contribution in [3.05, 3.63) is 92.8 Å². The number of benzene rings is 2. The molecule has 0 spiro atoms. The fourth-order valence-electron chi connectivity index (χ4n) is 3.27. The molecule has 0 N–H and O–H groups in total. The Bertz CT molecular complexity index is 1420. The van der Waals surface area contributed by atoms with E-state index in [1.807, 2.05) is 71.5 Å². The van der Waals surface area contributed by atoms with E-state index in [0.29, 0.717) is 21.4 Å². The summed E-state index contributed by atoms with van der Waals surface area (Å²) in [6.45, 7) is 1.90. The molecule has 0 fully saturated rings. The number of fused-ring (bicyclic) bond motifs is 1. The van der Waals surface area contributed by atoms with E-state index >= 15 is 0 Å². The third kappa shape index (κ3) is 3.89. The second-order valence-electron chi connectivity index (χ2n) is 6.85. The van der Waals surface area contributed by atoms with Crippen LogP contribution < -0.4 is 5.56 Å². The largest absolute Gasteiger partial charge is 0.270 e. The number of hydrogen-bond acceptors (Lipinski definition) is 6. The van der Waals surface area contributed by atoms with E-state index in [0.717, 1.165) is 27.9 Å². The smallest absolute Gasteiger partial charge is 0.258 e. The zero-order chi connectivity index (χ0) is 21.4. The van der Waals surface area contributed by atoms with Crippen LogP contribution in [0.5, 0.6) is 0 Å². The van der Waals surface area contributed by atoms with Gasteiger partial charge in [0.15, 0.2) is 15.9 Å². The molecule has 0 aliphatic rings. The lowest BCUT2D eigenvalue weighted by Gasteiger charge is -2.10. The Morgan fingerprint density at radius 1 is 1.06 bits per heavy atom. The lowest BCUT2D eigenvalue weighted by molar-refractivity contribution is 0.884. The van der Waals surface area contributed by atoms with Crippen molar-refractivity contribution in [2.45, 2.75) is 17.8 Å². The van der Waals surface area contributed by atoms with Crippen LogP contribution in [0, 0.1) is 6.92 Å². The van der Waals surface area contributed by atoms with Crippen LogP contribution in [0.3, 0.4) is 0 Å². The molecular formula is C22H16ClN5OS2. The van der Waals surface area contributed by atoms with E-state index in [-0.39, 0.29) is 5.56 Å². The maximum atomic E-state index is 12.5. The molecule has 31 heavy (non-hydrogen) atoms. The zero-order valence-corrected chi connectivity index (χ0v) is 18.8. The SMILES string of the molecule is Cc1csc2nc(CSc3nnc(-c4ccc(Cl)cc4)n3-c3ccccc3)cc(=O)n12. The van der Waals surface area contributed by atoms with E-state index in [4.69, 9.17) is 11.6 Å². The molecule has 9 heteroatoms. The monoisotopic (exact) mass is 465 g/mol. The molecule has 0 saturated carbocycles. The summed E-state index contributed by atoms with van der Waals surface area (Å²) in [7, 11) is 0. The molecule has 0 radical (unpaired) electrons. The molecule has 5 aromatic rings. The van der Waals surface area contributed by atoms with Gasteiger partial charge in [0.05, 0.1) is 5.69 Å². The maximum absolute atomic E-state index is 12.5. The number of hydrogen-bond donors (Lipinski definition) is 0. The molecule has 0 aliphatic carbocycles. The number of para-hydroxylation sites is 1. The first-order chi connectivity index (χ1) is 15.1. The summed E-state index contributed by atoms with van der Waals surface area (Å²) in [5.74, 6) is 1.23. The summed E-state index contributed by atoms with van der Waals surface area (Å²) in [5, 5.41) is 12.2. The van der Waals surface area contributed by atoms with E-state index in [2.05, 4.69) is 15.2 Å². The highest BCUT2D eigenvalue weighted by atomic mass is 35.5. The summed E-state index contributed by atoms with van der Waals surface area (Å²) in [6.07, 6.45) is 0. The minimum Gasteiger partial charge on any atom is -0.270 e. The average Bonchev–Trinajstić information content (AvgIpc) is 3.37. The van der Waals surface area contributed by atoms with Crippen molar-refractivity contribution in [3.63, 3.8) is 0 Å². The first-order valence-electron chi connectivity index (χ1n) is 9.46. The quantitative estimate of drug-likeness (QED) is 0.331. The van der Waals surface area contributed by atoms with Gasteiger partial charge in [0, 0.05) is 39.2 Å². The van der Waals surface area contributed by atoms with Crippen molar-refractivity contribution >= 4 is 39.7 Å². The Morgan fingerprint density at radius 3 is 2.61 bits per heavy atom. The predicted molar refractivity (Wildman–Crippen MR) is 125 cm³/mol. The number of thiazole rings is 1. The number of thioether (sulfide) groups is 1. The highest BCUT2D eigenvalue weighted by molar-refractivity contribution is 7.98. The second-order valence-corrected chi connectivity index (χ2v) is 9.07. The third-order valence-corrected chi connectivity index (χ3v) is 6.89. The third-order valence-electron chi connectivity index (χ3n) is 4.73. The number of aromatic nitrogens is 5. The van der Waals surface area contributed by atoms with Gasteiger partial charge in [0.1, 0.15) is 0 Å². The number of rotatable bonds is 5. The molecule has 0 saturated heterocycles. The van der Waals surface area contributed by atoms with Gasteiger partial charge >= 0.3 is 0 Å². The van der Waals surface area contributed by atoms with E-state index in [9.17, 15) is 4.79 Å². The molecule has 3 heterocycles. The van der Waals surface area contributed by atoms with Crippen LogP contribution in [0.4, 0.5) is 0 Å². The normalized spacial score (nSPS) is 11.3. The zero-order valence-electron chi connectivity index (χ0n) is 16.4. The molecule has 0 atom stereocenters. The van der Waals surface area contributed by atoms with Gasteiger partial charge < -0.3 is 0 Å². The van der Waals surface area contributed by atoms with Crippen molar-refractivity contribution in [3.8, 4) is 17.1 Å². The Kier molecular flexibility index (Phi) is 5.35. The van der Waals surface area contributed by atoms with Crippen molar-refractivity contribution in [1.29, 1.82) is 0 Å².